The highest BCUT2D eigenvalue weighted by molar-refractivity contribution is 7.18. The van der Waals surface area contributed by atoms with Gasteiger partial charge in [-0.2, -0.15) is 0 Å². The van der Waals surface area contributed by atoms with Crippen molar-refractivity contribution in [2.75, 3.05) is 5.32 Å². The molecule has 0 aliphatic carbocycles. The molecule has 1 amide bonds. The first kappa shape index (κ1) is 14.4. The molecule has 7 heteroatoms. The number of benzene rings is 1. The van der Waals surface area contributed by atoms with Gasteiger partial charge in [-0.25, -0.2) is 0 Å². The summed E-state index contributed by atoms with van der Waals surface area (Å²) in [6.07, 6.45) is 3.31. The molecule has 4 aromatic rings. The first-order valence-corrected chi connectivity index (χ1v) is 8.03. The molecule has 3 aromatic heterocycles. The van der Waals surface area contributed by atoms with Crippen molar-refractivity contribution in [3.05, 3.63) is 66.6 Å². The minimum absolute atomic E-state index is 0.310. The van der Waals surface area contributed by atoms with E-state index in [0.29, 0.717) is 15.8 Å². The van der Waals surface area contributed by atoms with Crippen LogP contribution in [0.5, 0.6) is 0 Å². The van der Waals surface area contributed by atoms with Crippen LogP contribution < -0.4 is 5.32 Å². The number of nitrogens with zero attached hydrogens (tertiary/aromatic N) is 4. The van der Waals surface area contributed by atoms with Gasteiger partial charge in [0, 0.05) is 17.8 Å². The van der Waals surface area contributed by atoms with E-state index in [1.165, 1.54) is 11.3 Å². The second kappa shape index (κ2) is 6.13. The summed E-state index contributed by atoms with van der Waals surface area (Å²) in [6.45, 7) is 0. The zero-order valence-corrected chi connectivity index (χ0v) is 13.2. The standard InChI is InChI=1S/C17H11N5OS/c23-15(14-12-6-2-1-5-11(12)8-10-19-14)20-17-22-21-16(24-17)13-7-3-4-9-18-13/h1-10H,(H,20,22,23). The Morgan fingerprint density at radius 1 is 0.917 bits per heavy atom. The second-order valence-corrected chi connectivity index (χ2v) is 5.94. The fourth-order valence-corrected chi connectivity index (χ4v) is 3.04. The average Bonchev–Trinajstić information content (AvgIpc) is 3.10. The molecule has 1 aromatic carbocycles. The number of anilines is 1. The number of aromatic nitrogens is 4. The Balaban J connectivity index is 1.61. The fourth-order valence-electron chi connectivity index (χ4n) is 2.32. The topological polar surface area (TPSA) is 80.7 Å². The lowest BCUT2D eigenvalue weighted by Gasteiger charge is -2.04. The van der Waals surface area contributed by atoms with E-state index in [9.17, 15) is 4.79 Å². The molecule has 4 rings (SSSR count). The monoisotopic (exact) mass is 333 g/mol. The Morgan fingerprint density at radius 2 is 1.79 bits per heavy atom. The molecule has 0 spiro atoms. The highest BCUT2D eigenvalue weighted by Gasteiger charge is 2.15. The van der Waals surface area contributed by atoms with Gasteiger partial charge in [-0.3, -0.25) is 20.1 Å². The third-order valence-corrected chi connectivity index (χ3v) is 4.28. The lowest BCUT2D eigenvalue weighted by molar-refractivity contribution is 0.102. The molecular weight excluding hydrogens is 322 g/mol. The maximum atomic E-state index is 12.5. The summed E-state index contributed by atoms with van der Waals surface area (Å²) in [4.78, 5) is 20.9. The van der Waals surface area contributed by atoms with Crippen LogP contribution in [-0.4, -0.2) is 26.1 Å². The quantitative estimate of drug-likeness (QED) is 0.621. The van der Waals surface area contributed by atoms with Crippen molar-refractivity contribution >= 4 is 33.1 Å². The zero-order chi connectivity index (χ0) is 16.4. The van der Waals surface area contributed by atoms with Gasteiger partial charge in [0.15, 0.2) is 5.01 Å². The molecule has 0 saturated carbocycles. The summed E-state index contributed by atoms with van der Waals surface area (Å²) >= 11 is 1.27. The maximum Gasteiger partial charge on any atom is 0.276 e. The van der Waals surface area contributed by atoms with E-state index in [2.05, 4.69) is 25.5 Å². The van der Waals surface area contributed by atoms with Gasteiger partial charge in [-0.05, 0) is 23.6 Å². The van der Waals surface area contributed by atoms with Crippen molar-refractivity contribution in [1.82, 2.24) is 20.2 Å². The van der Waals surface area contributed by atoms with E-state index in [1.807, 2.05) is 48.5 Å². The van der Waals surface area contributed by atoms with Crippen molar-refractivity contribution in [2.24, 2.45) is 0 Å². The van der Waals surface area contributed by atoms with E-state index in [-0.39, 0.29) is 5.91 Å². The number of hydrogen-bond donors (Lipinski definition) is 1. The van der Waals surface area contributed by atoms with Gasteiger partial charge in [-0.1, -0.05) is 41.7 Å². The van der Waals surface area contributed by atoms with Crippen molar-refractivity contribution in [1.29, 1.82) is 0 Å². The highest BCUT2D eigenvalue weighted by Crippen LogP contribution is 2.25. The van der Waals surface area contributed by atoms with Crippen LogP contribution in [0, 0.1) is 0 Å². The Kier molecular flexibility index (Phi) is 3.68. The van der Waals surface area contributed by atoms with Crippen molar-refractivity contribution < 1.29 is 4.79 Å². The molecule has 0 fully saturated rings. The van der Waals surface area contributed by atoms with E-state index in [1.54, 1.807) is 12.4 Å². The SMILES string of the molecule is O=C(Nc1nnc(-c2ccccn2)s1)c1nccc2ccccc12. The molecule has 6 nitrogen and oxygen atoms in total. The van der Waals surface area contributed by atoms with Crippen LogP contribution in [0.3, 0.4) is 0 Å². The van der Waals surface area contributed by atoms with Gasteiger partial charge in [0.05, 0.1) is 0 Å². The van der Waals surface area contributed by atoms with Crippen LogP contribution >= 0.6 is 11.3 Å². The number of pyridine rings is 2. The minimum Gasteiger partial charge on any atom is -0.295 e. The van der Waals surface area contributed by atoms with Crippen LogP contribution in [0.4, 0.5) is 5.13 Å². The zero-order valence-electron chi connectivity index (χ0n) is 12.4. The normalized spacial score (nSPS) is 10.7. The molecule has 0 aliphatic heterocycles. The van der Waals surface area contributed by atoms with Crippen LogP contribution in [0.15, 0.2) is 60.9 Å². The summed E-state index contributed by atoms with van der Waals surface area (Å²) in [7, 11) is 0. The van der Waals surface area contributed by atoms with Gasteiger partial charge in [0.1, 0.15) is 11.4 Å². The third kappa shape index (κ3) is 2.72. The predicted octanol–water partition coefficient (Wildman–Crippen LogP) is 3.40. The van der Waals surface area contributed by atoms with Gasteiger partial charge in [-0.15, -0.1) is 10.2 Å². The predicted molar refractivity (Wildman–Crippen MR) is 92.8 cm³/mol. The van der Waals surface area contributed by atoms with Gasteiger partial charge < -0.3 is 0 Å². The second-order valence-electron chi connectivity index (χ2n) is 4.96. The first-order chi connectivity index (χ1) is 11.8. The molecule has 116 valence electrons. The van der Waals surface area contributed by atoms with E-state index in [4.69, 9.17) is 0 Å². The van der Waals surface area contributed by atoms with Crippen LogP contribution in [-0.2, 0) is 0 Å². The summed E-state index contributed by atoms with van der Waals surface area (Å²) in [5.41, 5.74) is 1.08. The molecule has 0 bridgehead atoms. The molecular formula is C17H11N5OS. The number of hydrogen-bond acceptors (Lipinski definition) is 6. The molecule has 0 radical (unpaired) electrons. The summed E-state index contributed by atoms with van der Waals surface area (Å²) < 4.78 is 0. The molecule has 0 unspecified atom stereocenters. The molecule has 1 N–H and O–H groups in total. The largest absolute Gasteiger partial charge is 0.295 e. The van der Waals surface area contributed by atoms with E-state index >= 15 is 0 Å². The van der Waals surface area contributed by atoms with Gasteiger partial charge in [0.2, 0.25) is 5.13 Å². The number of carbonyl (C=O) groups is 1. The molecule has 24 heavy (non-hydrogen) atoms. The minimum atomic E-state index is -0.310. The molecule has 0 saturated heterocycles. The van der Waals surface area contributed by atoms with Crippen molar-refractivity contribution in [2.45, 2.75) is 0 Å². The van der Waals surface area contributed by atoms with Gasteiger partial charge in [0.25, 0.3) is 5.91 Å². The average molecular weight is 333 g/mol. The van der Waals surface area contributed by atoms with Crippen molar-refractivity contribution in [3.63, 3.8) is 0 Å². The lowest BCUT2D eigenvalue weighted by Crippen LogP contribution is -2.13. The third-order valence-electron chi connectivity index (χ3n) is 3.42. The fraction of sp³-hybridized carbons (Fsp3) is 0. The number of amides is 1. The Hall–Kier alpha value is -3.19. The van der Waals surface area contributed by atoms with E-state index < -0.39 is 0 Å². The number of rotatable bonds is 3. The smallest absolute Gasteiger partial charge is 0.276 e. The molecule has 0 aliphatic rings. The molecule has 0 atom stereocenters. The van der Waals surface area contributed by atoms with Crippen LogP contribution in [0.1, 0.15) is 10.5 Å². The Bertz CT molecular complexity index is 1010. The molecule has 3 heterocycles. The van der Waals surface area contributed by atoms with Gasteiger partial charge >= 0.3 is 0 Å². The van der Waals surface area contributed by atoms with E-state index in [0.717, 1.165) is 16.5 Å². The van der Waals surface area contributed by atoms with Crippen molar-refractivity contribution in [3.8, 4) is 10.7 Å². The lowest BCUT2D eigenvalue weighted by atomic mass is 10.1. The Morgan fingerprint density at radius 3 is 2.67 bits per heavy atom. The van der Waals surface area contributed by atoms with Crippen LogP contribution in [0.2, 0.25) is 0 Å². The summed E-state index contributed by atoms with van der Waals surface area (Å²) in [5.74, 6) is -0.310. The first-order valence-electron chi connectivity index (χ1n) is 7.21. The van der Waals surface area contributed by atoms with Crippen LogP contribution in [0.25, 0.3) is 21.5 Å². The maximum absolute atomic E-state index is 12.5. The number of nitrogens with one attached hydrogen (secondary N) is 1. The summed E-state index contributed by atoms with van der Waals surface area (Å²) in [6, 6.07) is 15.0. The Labute approximate surface area is 141 Å². The summed E-state index contributed by atoms with van der Waals surface area (Å²) in [5, 5.41) is 13.7. The number of carbonyl (C=O) groups excluding carboxylic acids is 1. The highest BCUT2D eigenvalue weighted by atomic mass is 32.1. The number of fused-ring (bicyclic) bond motifs is 1.